The van der Waals surface area contributed by atoms with E-state index in [4.69, 9.17) is 16.1 Å². The summed E-state index contributed by atoms with van der Waals surface area (Å²) in [5.74, 6) is 2.09. The molecule has 4 saturated heterocycles. The molecule has 0 saturated carbocycles. The van der Waals surface area contributed by atoms with E-state index in [0.29, 0.717) is 53.7 Å². The van der Waals surface area contributed by atoms with Gasteiger partial charge in [0, 0.05) is 61.7 Å². The van der Waals surface area contributed by atoms with Crippen molar-refractivity contribution in [3.63, 3.8) is 0 Å². The molecule has 228 valence electrons. The monoisotopic (exact) mass is 600 g/mol. The summed E-state index contributed by atoms with van der Waals surface area (Å²) in [5, 5.41) is 15.1. The molecule has 44 heavy (non-hydrogen) atoms. The van der Waals surface area contributed by atoms with E-state index in [1.165, 1.54) is 23.1 Å². The number of aromatic hydroxyl groups is 1. The van der Waals surface area contributed by atoms with Gasteiger partial charge in [0.15, 0.2) is 0 Å². The molecule has 2 aromatic carbocycles. The van der Waals surface area contributed by atoms with Gasteiger partial charge in [0.25, 0.3) is 5.91 Å². The van der Waals surface area contributed by atoms with Gasteiger partial charge in [-0.3, -0.25) is 9.69 Å². The van der Waals surface area contributed by atoms with Crippen molar-refractivity contribution in [1.82, 2.24) is 20.2 Å². The molecule has 4 fully saturated rings. The van der Waals surface area contributed by atoms with Crippen LogP contribution in [0.4, 0.5) is 20.3 Å². The Labute approximate surface area is 254 Å². The molecule has 9 nitrogen and oxygen atoms in total. The van der Waals surface area contributed by atoms with Gasteiger partial charge in [-0.05, 0) is 56.2 Å². The number of aromatic nitrogens is 2. The first-order valence-corrected chi connectivity index (χ1v) is 15.5. The number of phenols is 1. The summed E-state index contributed by atoms with van der Waals surface area (Å²) in [6.07, 6.45) is 9.70. The number of carbonyl (C=O) groups excluding carboxylic acids is 1. The van der Waals surface area contributed by atoms with E-state index in [1.54, 1.807) is 6.07 Å². The molecule has 0 unspecified atom stereocenters. The first kappa shape index (κ1) is 27.5. The van der Waals surface area contributed by atoms with Crippen molar-refractivity contribution in [3.05, 3.63) is 46.9 Å². The number of hydrogen-bond acceptors (Lipinski definition) is 8. The summed E-state index contributed by atoms with van der Waals surface area (Å²) in [5.41, 5.74) is 0.930. The highest BCUT2D eigenvalue weighted by Gasteiger charge is 2.49. The normalized spacial score (nSPS) is 27.9. The molecule has 0 radical (unpaired) electrons. The van der Waals surface area contributed by atoms with Crippen LogP contribution in [0, 0.1) is 18.2 Å². The van der Waals surface area contributed by atoms with Crippen LogP contribution in [0.25, 0.3) is 10.8 Å². The summed E-state index contributed by atoms with van der Waals surface area (Å²) in [6, 6.07) is 6.54. The number of halogens is 2. The van der Waals surface area contributed by atoms with Crippen LogP contribution in [0.3, 0.4) is 0 Å². The molecule has 2 bridgehead atoms. The zero-order valence-electron chi connectivity index (χ0n) is 24.4. The molecular formula is C33H34F2N6O3. The highest BCUT2D eigenvalue weighted by atomic mass is 19.1. The van der Waals surface area contributed by atoms with Crippen LogP contribution in [0.15, 0.2) is 24.3 Å². The summed E-state index contributed by atoms with van der Waals surface area (Å²) in [4.78, 5) is 29.8. The standard InChI is InChI=1S/C33H34F2N6O3/c1-2-24-26(35)7-4-19-12-23(42)13-27(28(19)24)41-11-8-25-29(31(41)43)37-32(38-30(25)39-16-21-5-6-22(17-39)36-21)44-18-33-9-3-10-40(33)15-20(34)14-33/h1,4,7,12-13,20-22,36,42H,3,5-6,8-11,14-18H2/t20-,21-,22+,33+/m1/s1. The predicted octanol–water partition coefficient (Wildman–Crippen LogP) is 3.55. The quantitative estimate of drug-likeness (QED) is 0.430. The lowest BCUT2D eigenvalue weighted by Gasteiger charge is -2.37. The van der Waals surface area contributed by atoms with Gasteiger partial charge in [0.05, 0.1) is 16.8 Å². The lowest BCUT2D eigenvalue weighted by molar-refractivity contribution is 0.0963. The van der Waals surface area contributed by atoms with Crippen LogP contribution in [-0.4, -0.2) is 89.0 Å². The number of nitrogens with zero attached hydrogens (tertiary/aromatic N) is 5. The molecule has 4 atom stereocenters. The van der Waals surface area contributed by atoms with Gasteiger partial charge >= 0.3 is 6.01 Å². The smallest absolute Gasteiger partial charge is 0.319 e. The number of fused-ring (bicyclic) bond motifs is 5. The number of piperazine rings is 1. The van der Waals surface area contributed by atoms with E-state index in [0.717, 1.165) is 50.9 Å². The number of alkyl halides is 1. The summed E-state index contributed by atoms with van der Waals surface area (Å²) in [7, 11) is 0. The molecule has 1 aromatic heterocycles. The zero-order valence-corrected chi connectivity index (χ0v) is 24.4. The van der Waals surface area contributed by atoms with Crippen molar-refractivity contribution in [3.8, 4) is 24.1 Å². The maximum atomic E-state index is 14.8. The van der Waals surface area contributed by atoms with Gasteiger partial charge in [-0.25, -0.2) is 8.78 Å². The van der Waals surface area contributed by atoms with Crippen molar-refractivity contribution < 1.29 is 23.4 Å². The van der Waals surface area contributed by atoms with Crippen LogP contribution in [-0.2, 0) is 6.42 Å². The van der Waals surface area contributed by atoms with E-state index in [2.05, 4.69) is 26.0 Å². The first-order valence-electron chi connectivity index (χ1n) is 15.5. The minimum atomic E-state index is -0.889. The van der Waals surface area contributed by atoms with Gasteiger partial charge in [0.2, 0.25) is 0 Å². The van der Waals surface area contributed by atoms with E-state index < -0.39 is 17.9 Å². The molecule has 11 heteroatoms. The maximum absolute atomic E-state index is 14.8. The molecule has 5 aliphatic heterocycles. The van der Waals surface area contributed by atoms with Crippen molar-refractivity contribution in [2.24, 2.45) is 0 Å². The van der Waals surface area contributed by atoms with Crippen molar-refractivity contribution in [1.29, 1.82) is 0 Å². The fourth-order valence-electron chi connectivity index (χ4n) is 8.24. The Morgan fingerprint density at radius 2 is 1.98 bits per heavy atom. The minimum absolute atomic E-state index is 0.0305. The number of hydrogen-bond donors (Lipinski definition) is 2. The molecule has 1 amide bonds. The van der Waals surface area contributed by atoms with Gasteiger partial charge in [-0.1, -0.05) is 12.0 Å². The Morgan fingerprint density at radius 1 is 1.16 bits per heavy atom. The fraction of sp³-hybridized carbons (Fsp3) is 0.485. The number of carbonyl (C=O) groups is 1. The number of ether oxygens (including phenoxy) is 1. The maximum Gasteiger partial charge on any atom is 0.319 e. The second kappa shape index (κ2) is 10.3. The van der Waals surface area contributed by atoms with Gasteiger partial charge in [-0.2, -0.15) is 9.97 Å². The van der Waals surface area contributed by atoms with Gasteiger partial charge < -0.3 is 25.0 Å². The van der Waals surface area contributed by atoms with Crippen LogP contribution < -0.4 is 19.9 Å². The SMILES string of the molecule is C#Cc1c(F)ccc2cc(O)cc(N3CCc4c(nc(OC[C@@]56CCCN5C[C@H](F)C6)nc4N4C[C@H]5CC[C@@H](C4)N5)C3=O)c12. The molecule has 0 aliphatic carbocycles. The number of rotatable bonds is 5. The Hall–Kier alpha value is -4.01. The van der Waals surface area contributed by atoms with Gasteiger partial charge in [-0.15, -0.1) is 6.42 Å². The highest BCUT2D eigenvalue weighted by Crippen LogP contribution is 2.42. The van der Waals surface area contributed by atoms with Crippen molar-refractivity contribution >= 4 is 28.2 Å². The third-order valence-corrected chi connectivity index (χ3v) is 10.2. The zero-order chi connectivity index (χ0) is 30.2. The number of terminal acetylenes is 1. The Morgan fingerprint density at radius 3 is 2.77 bits per heavy atom. The predicted molar refractivity (Wildman–Crippen MR) is 162 cm³/mol. The second-order valence-electron chi connectivity index (χ2n) is 12.9. The molecule has 3 aromatic rings. The second-order valence-corrected chi connectivity index (χ2v) is 12.9. The molecule has 8 rings (SSSR count). The number of anilines is 2. The van der Waals surface area contributed by atoms with E-state index in [1.807, 2.05) is 0 Å². The third-order valence-electron chi connectivity index (χ3n) is 10.2. The van der Waals surface area contributed by atoms with Crippen molar-refractivity contribution in [2.75, 3.05) is 49.1 Å². The van der Waals surface area contributed by atoms with Crippen molar-refractivity contribution in [2.45, 2.75) is 62.3 Å². The van der Waals surface area contributed by atoms with Gasteiger partial charge in [0.1, 0.15) is 35.9 Å². The number of benzene rings is 2. The summed E-state index contributed by atoms with van der Waals surface area (Å²) < 4.78 is 35.6. The molecule has 6 heterocycles. The van der Waals surface area contributed by atoms with Crippen LogP contribution >= 0.6 is 0 Å². The van der Waals surface area contributed by atoms with Crippen LogP contribution in [0.1, 0.15) is 53.7 Å². The largest absolute Gasteiger partial charge is 0.508 e. The Bertz CT molecular complexity index is 1720. The van der Waals surface area contributed by atoms with E-state index >= 15 is 0 Å². The van der Waals surface area contributed by atoms with Crippen LogP contribution in [0.2, 0.25) is 0 Å². The lowest BCUT2D eigenvalue weighted by atomic mass is 9.95. The fourth-order valence-corrected chi connectivity index (χ4v) is 8.24. The minimum Gasteiger partial charge on any atom is -0.508 e. The molecule has 2 N–H and O–H groups in total. The topological polar surface area (TPSA) is 94.1 Å². The molecule has 5 aliphatic rings. The Kier molecular flexibility index (Phi) is 6.43. The number of phenolic OH excluding ortho intramolecular Hbond substituents is 1. The summed E-state index contributed by atoms with van der Waals surface area (Å²) in [6.45, 7) is 3.31. The third kappa shape index (κ3) is 4.38. The van der Waals surface area contributed by atoms with E-state index in [9.17, 15) is 18.7 Å². The van der Waals surface area contributed by atoms with Crippen LogP contribution in [0.5, 0.6) is 11.8 Å². The number of amides is 1. The first-order chi connectivity index (χ1) is 21.3. The molecular weight excluding hydrogens is 566 g/mol. The summed E-state index contributed by atoms with van der Waals surface area (Å²) >= 11 is 0. The average molecular weight is 601 g/mol. The lowest BCUT2D eigenvalue weighted by Crippen LogP contribution is -2.52. The number of nitrogens with one attached hydrogen (secondary N) is 1. The highest BCUT2D eigenvalue weighted by molar-refractivity contribution is 6.13. The van der Waals surface area contributed by atoms with E-state index in [-0.39, 0.29) is 41.7 Å². The molecule has 0 spiro atoms. The Balaban J connectivity index is 1.20. The average Bonchev–Trinajstić information content (AvgIpc) is 3.66.